The molecule has 2 rings (SSSR count). The van der Waals surface area contributed by atoms with Gasteiger partial charge in [0.15, 0.2) is 0 Å². The molecule has 0 saturated carbocycles. The molecular formula is C14H18N2. The lowest BCUT2D eigenvalue weighted by Gasteiger charge is -2.04. The van der Waals surface area contributed by atoms with E-state index in [0.717, 1.165) is 13.1 Å². The second kappa shape index (κ2) is 4.99. The molecule has 0 amide bonds. The first-order valence-electron chi connectivity index (χ1n) is 5.63. The second-order valence-corrected chi connectivity index (χ2v) is 4.21. The average molecular weight is 214 g/mol. The fraction of sp³-hybridized carbons (Fsp3) is 0.286. The third-order valence-corrected chi connectivity index (χ3v) is 2.64. The molecule has 0 spiro atoms. The lowest BCUT2D eigenvalue weighted by molar-refractivity contribution is 0.782. The highest BCUT2D eigenvalue weighted by Gasteiger charge is 1.97. The van der Waals surface area contributed by atoms with Crippen LogP contribution >= 0.6 is 0 Å². The Labute approximate surface area is 96.9 Å². The molecule has 2 aromatic rings. The van der Waals surface area contributed by atoms with E-state index in [1.165, 1.54) is 16.7 Å². The fourth-order valence-corrected chi connectivity index (χ4v) is 1.92. The van der Waals surface area contributed by atoms with Crippen molar-refractivity contribution in [1.29, 1.82) is 0 Å². The summed E-state index contributed by atoms with van der Waals surface area (Å²) in [5.41, 5.74) is 4.00. The van der Waals surface area contributed by atoms with Crippen LogP contribution in [0.5, 0.6) is 0 Å². The highest BCUT2D eigenvalue weighted by Crippen LogP contribution is 2.08. The number of hydrogen-bond donors (Lipinski definition) is 1. The largest absolute Gasteiger partial charge is 0.350 e. The maximum atomic E-state index is 3.16. The van der Waals surface area contributed by atoms with Crippen LogP contribution in [0.4, 0.5) is 0 Å². The smallest absolute Gasteiger partial charge is 0.0470 e. The van der Waals surface area contributed by atoms with Gasteiger partial charge in [-0.1, -0.05) is 29.8 Å². The zero-order valence-electron chi connectivity index (χ0n) is 9.90. The zero-order valence-corrected chi connectivity index (χ0v) is 9.90. The SMILES string of the molecule is CNCc1ccn(Cc2cccc(C)c2)c1. The first kappa shape index (κ1) is 11.0. The molecule has 0 saturated heterocycles. The quantitative estimate of drug-likeness (QED) is 0.827. The highest BCUT2D eigenvalue weighted by atomic mass is 14.9. The second-order valence-electron chi connectivity index (χ2n) is 4.21. The van der Waals surface area contributed by atoms with Crippen molar-refractivity contribution in [1.82, 2.24) is 9.88 Å². The Bertz CT molecular complexity index is 457. The van der Waals surface area contributed by atoms with Gasteiger partial charge in [-0.25, -0.2) is 0 Å². The first-order valence-corrected chi connectivity index (χ1v) is 5.63. The number of rotatable bonds is 4. The van der Waals surface area contributed by atoms with E-state index in [1.54, 1.807) is 0 Å². The summed E-state index contributed by atoms with van der Waals surface area (Å²) in [6, 6.07) is 10.8. The van der Waals surface area contributed by atoms with Gasteiger partial charge >= 0.3 is 0 Å². The molecule has 1 heterocycles. The van der Waals surface area contributed by atoms with E-state index >= 15 is 0 Å². The third-order valence-electron chi connectivity index (χ3n) is 2.64. The molecule has 16 heavy (non-hydrogen) atoms. The van der Waals surface area contributed by atoms with Gasteiger partial charge in [-0.15, -0.1) is 0 Å². The Kier molecular flexibility index (Phi) is 3.42. The van der Waals surface area contributed by atoms with Gasteiger partial charge in [-0.05, 0) is 31.2 Å². The molecule has 1 aromatic heterocycles. The molecule has 0 fully saturated rings. The average Bonchev–Trinajstić information content (AvgIpc) is 2.66. The van der Waals surface area contributed by atoms with Gasteiger partial charge in [0.05, 0.1) is 0 Å². The Hall–Kier alpha value is -1.54. The highest BCUT2D eigenvalue weighted by molar-refractivity contribution is 5.23. The summed E-state index contributed by atoms with van der Waals surface area (Å²) in [5.74, 6) is 0. The van der Waals surface area contributed by atoms with Crippen molar-refractivity contribution in [3.8, 4) is 0 Å². The summed E-state index contributed by atoms with van der Waals surface area (Å²) in [6.07, 6.45) is 4.33. The van der Waals surface area contributed by atoms with Crippen molar-refractivity contribution in [3.05, 3.63) is 59.4 Å². The molecule has 0 aliphatic carbocycles. The van der Waals surface area contributed by atoms with Gasteiger partial charge in [-0.2, -0.15) is 0 Å². The predicted molar refractivity (Wildman–Crippen MR) is 67.5 cm³/mol. The molecule has 0 bridgehead atoms. The van der Waals surface area contributed by atoms with Crippen molar-refractivity contribution >= 4 is 0 Å². The van der Waals surface area contributed by atoms with Crippen molar-refractivity contribution < 1.29 is 0 Å². The molecule has 0 aliphatic heterocycles. The molecule has 84 valence electrons. The lowest BCUT2D eigenvalue weighted by Crippen LogP contribution is -2.04. The van der Waals surface area contributed by atoms with Gasteiger partial charge in [0, 0.05) is 25.5 Å². The number of nitrogens with one attached hydrogen (secondary N) is 1. The maximum Gasteiger partial charge on any atom is 0.0470 e. The molecule has 2 heteroatoms. The standard InChI is InChI=1S/C14H18N2/c1-12-4-3-5-13(8-12)10-16-7-6-14(11-16)9-15-2/h3-8,11,15H,9-10H2,1-2H3. The first-order chi connectivity index (χ1) is 7.78. The molecule has 1 aromatic carbocycles. The van der Waals surface area contributed by atoms with Crippen LogP contribution in [0.15, 0.2) is 42.7 Å². The molecule has 0 radical (unpaired) electrons. The van der Waals surface area contributed by atoms with E-state index < -0.39 is 0 Å². The minimum absolute atomic E-state index is 0.931. The van der Waals surface area contributed by atoms with Gasteiger partial charge in [-0.3, -0.25) is 0 Å². The van der Waals surface area contributed by atoms with Crippen molar-refractivity contribution in [3.63, 3.8) is 0 Å². The topological polar surface area (TPSA) is 17.0 Å². The van der Waals surface area contributed by atoms with Crippen LogP contribution in [0.3, 0.4) is 0 Å². The van der Waals surface area contributed by atoms with Gasteiger partial charge in [0.1, 0.15) is 0 Å². The van der Waals surface area contributed by atoms with Crippen LogP contribution in [0.2, 0.25) is 0 Å². The van der Waals surface area contributed by atoms with Crippen LogP contribution in [-0.2, 0) is 13.1 Å². The van der Waals surface area contributed by atoms with E-state index in [-0.39, 0.29) is 0 Å². The number of benzene rings is 1. The third kappa shape index (κ3) is 2.74. The molecule has 2 nitrogen and oxygen atoms in total. The lowest BCUT2D eigenvalue weighted by atomic mass is 10.1. The van der Waals surface area contributed by atoms with E-state index in [1.807, 2.05) is 7.05 Å². The Morgan fingerprint density at radius 1 is 1.19 bits per heavy atom. The summed E-state index contributed by atoms with van der Waals surface area (Å²) < 4.78 is 2.22. The number of aryl methyl sites for hydroxylation is 1. The van der Waals surface area contributed by atoms with E-state index in [9.17, 15) is 0 Å². The summed E-state index contributed by atoms with van der Waals surface area (Å²) >= 11 is 0. The summed E-state index contributed by atoms with van der Waals surface area (Å²) in [7, 11) is 1.97. The summed E-state index contributed by atoms with van der Waals surface area (Å²) in [5, 5.41) is 3.16. The van der Waals surface area contributed by atoms with Crippen molar-refractivity contribution in [2.24, 2.45) is 0 Å². The minimum Gasteiger partial charge on any atom is -0.350 e. The van der Waals surface area contributed by atoms with E-state index in [2.05, 4.69) is 59.5 Å². The molecule has 0 unspecified atom stereocenters. The Balaban J connectivity index is 2.08. The van der Waals surface area contributed by atoms with Crippen molar-refractivity contribution in [2.75, 3.05) is 7.05 Å². The molecule has 1 N–H and O–H groups in total. The van der Waals surface area contributed by atoms with Crippen LogP contribution in [0, 0.1) is 6.92 Å². The number of nitrogens with zero attached hydrogens (tertiary/aromatic N) is 1. The van der Waals surface area contributed by atoms with Gasteiger partial charge < -0.3 is 9.88 Å². The normalized spacial score (nSPS) is 10.6. The Morgan fingerprint density at radius 2 is 2.06 bits per heavy atom. The maximum absolute atomic E-state index is 3.16. The number of hydrogen-bond acceptors (Lipinski definition) is 1. The summed E-state index contributed by atoms with van der Waals surface area (Å²) in [6.45, 7) is 4.01. The predicted octanol–water partition coefficient (Wildman–Crippen LogP) is 2.56. The Morgan fingerprint density at radius 3 is 2.81 bits per heavy atom. The van der Waals surface area contributed by atoms with Crippen LogP contribution < -0.4 is 5.32 Å². The van der Waals surface area contributed by atoms with E-state index in [4.69, 9.17) is 0 Å². The molecular weight excluding hydrogens is 196 g/mol. The van der Waals surface area contributed by atoms with Crippen LogP contribution in [-0.4, -0.2) is 11.6 Å². The molecule has 0 atom stereocenters. The zero-order chi connectivity index (χ0) is 11.4. The van der Waals surface area contributed by atoms with Crippen LogP contribution in [0.1, 0.15) is 16.7 Å². The van der Waals surface area contributed by atoms with Gasteiger partial charge in [0.2, 0.25) is 0 Å². The number of aromatic nitrogens is 1. The van der Waals surface area contributed by atoms with Crippen LogP contribution in [0.25, 0.3) is 0 Å². The minimum atomic E-state index is 0.931. The summed E-state index contributed by atoms with van der Waals surface area (Å²) in [4.78, 5) is 0. The monoisotopic (exact) mass is 214 g/mol. The van der Waals surface area contributed by atoms with Gasteiger partial charge in [0.25, 0.3) is 0 Å². The van der Waals surface area contributed by atoms with E-state index in [0.29, 0.717) is 0 Å². The van der Waals surface area contributed by atoms with Crippen molar-refractivity contribution in [2.45, 2.75) is 20.0 Å². The fourth-order valence-electron chi connectivity index (χ4n) is 1.92. The molecule has 0 aliphatic rings.